The van der Waals surface area contributed by atoms with E-state index in [2.05, 4.69) is 19.2 Å². The number of hydrogen-bond acceptors (Lipinski definition) is 3. The second-order valence-corrected chi connectivity index (χ2v) is 5.66. The zero-order chi connectivity index (χ0) is 14.1. The van der Waals surface area contributed by atoms with E-state index in [1.165, 1.54) is 0 Å². The summed E-state index contributed by atoms with van der Waals surface area (Å²) in [6, 6.07) is 0. The molecule has 0 aromatic carbocycles. The maximum Gasteiger partial charge on any atom is 0.227 e. The summed E-state index contributed by atoms with van der Waals surface area (Å²) in [5.74, 6) is 0.136. The molecule has 4 nitrogen and oxygen atoms in total. The lowest BCUT2D eigenvalue weighted by Gasteiger charge is -2.30. The molecule has 112 valence electrons. The Bertz CT molecular complexity index is 257. The smallest absolute Gasteiger partial charge is 0.227 e. The first-order valence-electron chi connectivity index (χ1n) is 7.78. The van der Waals surface area contributed by atoms with E-state index < -0.39 is 0 Å². The largest absolute Gasteiger partial charge is 0.378 e. The molecule has 0 aromatic heterocycles. The van der Waals surface area contributed by atoms with Gasteiger partial charge in [0.25, 0.3) is 0 Å². The van der Waals surface area contributed by atoms with Crippen molar-refractivity contribution < 1.29 is 9.53 Å². The molecule has 1 aliphatic rings. The lowest BCUT2D eigenvalue weighted by Crippen LogP contribution is -2.46. The maximum atomic E-state index is 12.4. The summed E-state index contributed by atoms with van der Waals surface area (Å²) in [4.78, 5) is 12.4. The molecule has 0 saturated carbocycles. The van der Waals surface area contributed by atoms with Crippen LogP contribution in [0.3, 0.4) is 0 Å². The standard InChI is InChI=1S/C15H30N2O2/c1-3-8-15(12-16,9-4-2)14(18)17-10-7-13-6-5-11-19-13/h13H,3-12,16H2,1-2H3,(H,17,18). The number of amides is 1. The van der Waals surface area contributed by atoms with Crippen LogP contribution in [0.25, 0.3) is 0 Å². The zero-order valence-corrected chi connectivity index (χ0v) is 12.5. The van der Waals surface area contributed by atoms with E-state index in [-0.39, 0.29) is 11.3 Å². The van der Waals surface area contributed by atoms with Crippen LogP contribution < -0.4 is 11.1 Å². The van der Waals surface area contributed by atoms with Crippen molar-refractivity contribution >= 4 is 5.91 Å². The Balaban J connectivity index is 2.41. The van der Waals surface area contributed by atoms with Crippen LogP contribution in [-0.2, 0) is 9.53 Å². The summed E-state index contributed by atoms with van der Waals surface area (Å²) < 4.78 is 5.57. The van der Waals surface area contributed by atoms with Gasteiger partial charge in [0, 0.05) is 19.7 Å². The summed E-state index contributed by atoms with van der Waals surface area (Å²) in [6.45, 7) is 6.25. The van der Waals surface area contributed by atoms with E-state index in [1.54, 1.807) is 0 Å². The lowest BCUT2D eigenvalue weighted by molar-refractivity contribution is -0.131. The van der Waals surface area contributed by atoms with E-state index in [0.29, 0.717) is 19.2 Å². The molecule has 1 heterocycles. The van der Waals surface area contributed by atoms with Crippen molar-refractivity contribution in [1.82, 2.24) is 5.32 Å². The number of nitrogens with one attached hydrogen (secondary N) is 1. The Morgan fingerprint density at radius 3 is 2.53 bits per heavy atom. The number of carbonyl (C=O) groups is 1. The Kier molecular flexibility index (Phi) is 7.39. The van der Waals surface area contributed by atoms with Crippen molar-refractivity contribution in [1.29, 1.82) is 0 Å². The summed E-state index contributed by atoms with van der Waals surface area (Å²) in [7, 11) is 0. The van der Waals surface area contributed by atoms with Crippen molar-refractivity contribution in [2.24, 2.45) is 11.1 Å². The fraction of sp³-hybridized carbons (Fsp3) is 0.933. The number of hydrogen-bond donors (Lipinski definition) is 2. The number of nitrogens with two attached hydrogens (primary N) is 1. The van der Waals surface area contributed by atoms with Gasteiger partial charge >= 0.3 is 0 Å². The van der Waals surface area contributed by atoms with Crippen molar-refractivity contribution in [2.75, 3.05) is 19.7 Å². The highest BCUT2D eigenvalue weighted by molar-refractivity contribution is 5.82. The molecule has 0 spiro atoms. The highest BCUT2D eigenvalue weighted by Crippen LogP contribution is 2.29. The van der Waals surface area contributed by atoms with Gasteiger partial charge in [0.2, 0.25) is 5.91 Å². The van der Waals surface area contributed by atoms with Crippen LogP contribution in [0.2, 0.25) is 0 Å². The molecule has 3 N–H and O–H groups in total. The molecule has 1 atom stereocenters. The second kappa shape index (κ2) is 8.54. The average Bonchev–Trinajstić information content (AvgIpc) is 2.91. The van der Waals surface area contributed by atoms with Crippen LogP contribution >= 0.6 is 0 Å². The summed E-state index contributed by atoms with van der Waals surface area (Å²) >= 11 is 0. The quantitative estimate of drug-likeness (QED) is 0.675. The minimum absolute atomic E-state index is 0.136. The molecule has 4 heteroatoms. The summed E-state index contributed by atoms with van der Waals surface area (Å²) in [5.41, 5.74) is 5.53. The molecule has 1 aliphatic heterocycles. The third kappa shape index (κ3) is 4.77. The molecule has 1 fully saturated rings. The minimum Gasteiger partial charge on any atom is -0.378 e. The predicted molar refractivity (Wildman–Crippen MR) is 77.9 cm³/mol. The van der Waals surface area contributed by atoms with Crippen molar-refractivity contribution in [3.63, 3.8) is 0 Å². The molecule has 1 unspecified atom stereocenters. The Hall–Kier alpha value is -0.610. The van der Waals surface area contributed by atoms with Gasteiger partial charge in [-0.25, -0.2) is 0 Å². The topological polar surface area (TPSA) is 64.4 Å². The van der Waals surface area contributed by atoms with Gasteiger partial charge in [-0.2, -0.15) is 0 Å². The van der Waals surface area contributed by atoms with E-state index in [9.17, 15) is 4.79 Å². The van der Waals surface area contributed by atoms with Crippen LogP contribution in [0.5, 0.6) is 0 Å². The van der Waals surface area contributed by atoms with Crippen LogP contribution in [0, 0.1) is 5.41 Å². The maximum absolute atomic E-state index is 12.4. The normalized spacial score (nSPS) is 19.6. The summed E-state index contributed by atoms with van der Waals surface area (Å²) in [5, 5.41) is 3.07. The Labute approximate surface area is 117 Å². The SMILES string of the molecule is CCCC(CN)(CCC)C(=O)NCCC1CCCO1. The molecule has 1 rings (SSSR count). The number of rotatable bonds is 9. The fourth-order valence-corrected chi connectivity index (χ4v) is 3.01. The van der Waals surface area contributed by atoms with Crippen LogP contribution in [0.15, 0.2) is 0 Å². The van der Waals surface area contributed by atoms with Gasteiger partial charge in [0.1, 0.15) is 0 Å². The molecular weight excluding hydrogens is 240 g/mol. The highest BCUT2D eigenvalue weighted by Gasteiger charge is 2.35. The van der Waals surface area contributed by atoms with Crippen molar-refractivity contribution in [3.8, 4) is 0 Å². The number of carbonyl (C=O) groups excluding carboxylic acids is 1. The first-order valence-corrected chi connectivity index (χ1v) is 7.78. The monoisotopic (exact) mass is 270 g/mol. The van der Waals surface area contributed by atoms with E-state index in [1.807, 2.05) is 0 Å². The molecular formula is C15H30N2O2. The van der Waals surface area contributed by atoms with Gasteiger partial charge in [-0.15, -0.1) is 0 Å². The third-order valence-corrected chi connectivity index (χ3v) is 4.11. The van der Waals surface area contributed by atoms with Crippen molar-refractivity contribution in [2.45, 2.75) is 64.9 Å². The van der Waals surface area contributed by atoms with Gasteiger partial charge in [0.15, 0.2) is 0 Å². The molecule has 0 bridgehead atoms. The van der Waals surface area contributed by atoms with E-state index in [0.717, 1.165) is 51.6 Å². The third-order valence-electron chi connectivity index (χ3n) is 4.11. The van der Waals surface area contributed by atoms with E-state index >= 15 is 0 Å². The van der Waals surface area contributed by atoms with Crippen LogP contribution in [0.4, 0.5) is 0 Å². The van der Waals surface area contributed by atoms with Gasteiger partial charge in [-0.05, 0) is 32.1 Å². The lowest BCUT2D eigenvalue weighted by atomic mass is 9.78. The second-order valence-electron chi connectivity index (χ2n) is 5.66. The zero-order valence-electron chi connectivity index (χ0n) is 12.5. The van der Waals surface area contributed by atoms with Gasteiger partial charge in [0.05, 0.1) is 11.5 Å². The average molecular weight is 270 g/mol. The molecule has 0 aliphatic carbocycles. The molecule has 19 heavy (non-hydrogen) atoms. The van der Waals surface area contributed by atoms with E-state index in [4.69, 9.17) is 10.5 Å². The fourth-order valence-electron chi connectivity index (χ4n) is 3.01. The van der Waals surface area contributed by atoms with Crippen LogP contribution in [-0.4, -0.2) is 31.7 Å². The Morgan fingerprint density at radius 2 is 2.05 bits per heavy atom. The first kappa shape index (κ1) is 16.4. The minimum atomic E-state index is -0.361. The molecule has 0 radical (unpaired) electrons. The predicted octanol–water partition coefficient (Wildman–Crippen LogP) is 2.22. The molecule has 0 aromatic rings. The van der Waals surface area contributed by atoms with Gasteiger partial charge in [-0.3, -0.25) is 4.79 Å². The first-order chi connectivity index (χ1) is 9.18. The van der Waals surface area contributed by atoms with Gasteiger partial charge in [-0.1, -0.05) is 26.7 Å². The van der Waals surface area contributed by atoms with Gasteiger partial charge < -0.3 is 15.8 Å². The van der Waals surface area contributed by atoms with Crippen molar-refractivity contribution in [3.05, 3.63) is 0 Å². The summed E-state index contributed by atoms with van der Waals surface area (Å²) in [6.07, 6.45) is 7.28. The highest BCUT2D eigenvalue weighted by atomic mass is 16.5. The number of ether oxygens (including phenoxy) is 1. The molecule has 1 amide bonds. The Morgan fingerprint density at radius 1 is 1.37 bits per heavy atom. The molecule has 1 saturated heterocycles. The van der Waals surface area contributed by atoms with Crippen LogP contribution in [0.1, 0.15) is 58.8 Å².